The van der Waals surface area contributed by atoms with Crippen molar-refractivity contribution in [1.82, 2.24) is 19.4 Å². The second-order valence-electron chi connectivity index (χ2n) is 5.95. The third kappa shape index (κ3) is 2.58. The van der Waals surface area contributed by atoms with Gasteiger partial charge in [0.1, 0.15) is 0 Å². The Labute approximate surface area is 119 Å². The highest BCUT2D eigenvalue weighted by Crippen LogP contribution is 2.35. The minimum Gasteiger partial charge on any atom is -0.309 e. The summed E-state index contributed by atoms with van der Waals surface area (Å²) in [6.45, 7) is 1.42. The quantitative estimate of drug-likeness (QED) is 0.801. The van der Waals surface area contributed by atoms with E-state index in [2.05, 4.69) is 24.3 Å². The Balaban J connectivity index is 2.05. The van der Waals surface area contributed by atoms with Crippen molar-refractivity contribution < 1.29 is 0 Å². The second kappa shape index (κ2) is 5.54. The van der Waals surface area contributed by atoms with E-state index in [0.717, 1.165) is 16.8 Å². The first-order valence-electron chi connectivity index (χ1n) is 7.01. The van der Waals surface area contributed by atoms with E-state index in [1.165, 1.54) is 36.9 Å². The number of rotatable bonds is 5. The van der Waals surface area contributed by atoms with Crippen molar-refractivity contribution in [3.8, 4) is 0 Å². The highest BCUT2D eigenvalue weighted by atomic mass is 16.2. The smallest absolute Gasteiger partial charge is 0.309 e. The molecule has 1 fully saturated rings. The summed E-state index contributed by atoms with van der Waals surface area (Å²) >= 11 is 0. The largest absolute Gasteiger partial charge is 0.330 e. The number of hydrogen-bond donors (Lipinski definition) is 1. The van der Waals surface area contributed by atoms with Crippen LogP contribution < -0.4 is 16.6 Å². The minimum atomic E-state index is -0.278. The fourth-order valence-corrected chi connectivity index (χ4v) is 2.74. The van der Waals surface area contributed by atoms with Crippen LogP contribution in [0.2, 0.25) is 0 Å². The van der Waals surface area contributed by atoms with Gasteiger partial charge >= 0.3 is 5.69 Å². The summed E-state index contributed by atoms with van der Waals surface area (Å²) in [5.74, 6) is 0. The average molecular weight is 280 g/mol. The molecule has 0 atom stereocenters. The molecule has 2 rings (SSSR count). The lowest BCUT2D eigenvalue weighted by molar-refractivity contribution is 0.0596. The maximum absolute atomic E-state index is 11.8. The lowest BCUT2D eigenvalue weighted by Gasteiger charge is -2.47. The van der Waals surface area contributed by atoms with Crippen molar-refractivity contribution in [3.63, 3.8) is 0 Å². The second-order valence-corrected chi connectivity index (χ2v) is 5.95. The van der Waals surface area contributed by atoms with E-state index in [1.54, 1.807) is 7.05 Å². The van der Waals surface area contributed by atoms with E-state index in [9.17, 15) is 9.59 Å². The highest BCUT2D eigenvalue weighted by molar-refractivity contribution is 5.03. The van der Waals surface area contributed by atoms with Gasteiger partial charge in [-0.2, -0.15) is 0 Å². The van der Waals surface area contributed by atoms with Crippen molar-refractivity contribution >= 4 is 0 Å². The molecule has 0 amide bonds. The molecule has 1 heterocycles. The van der Waals surface area contributed by atoms with E-state index >= 15 is 0 Å². The van der Waals surface area contributed by atoms with Crippen molar-refractivity contribution in [1.29, 1.82) is 0 Å². The summed E-state index contributed by atoms with van der Waals surface area (Å²) < 4.78 is 2.65. The molecule has 1 aliphatic rings. The number of nitrogens with one attached hydrogen (secondary N) is 1. The summed E-state index contributed by atoms with van der Waals surface area (Å²) in [7, 11) is 7.41. The lowest BCUT2D eigenvalue weighted by atomic mass is 9.75. The predicted octanol–water partition coefficient (Wildman–Crippen LogP) is -0.342. The molecular weight excluding hydrogens is 256 g/mol. The van der Waals surface area contributed by atoms with Crippen LogP contribution in [0.5, 0.6) is 0 Å². The van der Waals surface area contributed by atoms with Crippen molar-refractivity contribution in [2.75, 3.05) is 20.6 Å². The molecule has 20 heavy (non-hydrogen) atoms. The number of aromatic nitrogens is 2. The monoisotopic (exact) mass is 280 g/mol. The molecule has 1 saturated carbocycles. The third-order valence-electron chi connectivity index (χ3n) is 4.62. The van der Waals surface area contributed by atoms with Crippen LogP contribution in [0, 0.1) is 0 Å². The molecule has 1 aliphatic carbocycles. The maximum Gasteiger partial charge on any atom is 0.330 e. The number of nitrogens with zero attached hydrogens (tertiary/aromatic N) is 3. The molecule has 6 nitrogen and oxygen atoms in total. The van der Waals surface area contributed by atoms with E-state index in [4.69, 9.17) is 0 Å². The van der Waals surface area contributed by atoms with Crippen LogP contribution >= 0.6 is 0 Å². The van der Waals surface area contributed by atoms with Gasteiger partial charge in [0.05, 0.1) is 0 Å². The summed E-state index contributed by atoms with van der Waals surface area (Å²) in [6.07, 6.45) is 3.66. The SMILES string of the molecule is CN(C)C1(CNCc2cc(=O)n(C)c(=O)n2C)CCC1. The fourth-order valence-electron chi connectivity index (χ4n) is 2.74. The predicted molar refractivity (Wildman–Crippen MR) is 78.9 cm³/mol. The van der Waals surface area contributed by atoms with E-state index in [1.807, 2.05) is 0 Å². The zero-order chi connectivity index (χ0) is 14.9. The van der Waals surface area contributed by atoms with Gasteiger partial charge in [-0.15, -0.1) is 0 Å². The van der Waals surface area contributed by atoms with Gasteiger partial charge in [-0.05, 0) is 33.4 Å². The van der Waals surface area contributed by atoms with Crippen molar-refractivity contribution in [2.45, 2.75) is 31.3 Å². The van der Waals surface area contributed by atoms with Crippen LogP contribution in [0.1, 0.15) is 25.0 Å². The Morgan fingerprint density at radius 2 is 1.90 bits per heavy atom. The zero-order valence-corrected chi connectivity index (χ0v) is 12.8. The van der Waals surface area contributed by atoms with Crippen LogP contribution in [0.25, 0.3) is 0 Å². The first-order valence-corrected chi connectivity index (χ1v) is 7.01. The molecule has 1 aromatic heterocycles. The fraction of sp³-hybridized carbons (Fsp3) is 0.714. The molecule has 1 aromatic rings. The normalized spacial score (nSPS) is 17.2. The molecule has 1 N–H and O–H groups in total. The Hall–Kier alpha value is -1.40. The van der Waals surface area contributed by atoms with Gasteiger partial charge in [0.2, 0.25) is 0 Å². The van der Waals surface area contributed by atoms with Crippen LogP contribution in [0.3, 0.4) is 0 Å². The topological polar surface area (TPSA) is 59.3 Å². The van der Waals surface area contributed by atoms with Crippen LogP contribution in [0.4, 0.5) is 0 Å². The van der Waals surface area contributed by atoms with Gasteiger partial charge in [0.15, 0.2) is 0 Å². The molecule has 6 heteroatoms. The molecule has 0 spiro atoms. The van der Waals surface area contributed by atoms with E-state index < -0.39 is 0 Å². The van der Waals surface area contributed by atoms with Crippen LogP contribution in [0.15, 0.2) is 15.7 Å². The molecule has 0 aliphatic heterocycles. The molecule has 0 bridgehead atoms. The van der Waals surface area contributed by atoms with Gasteiger partial charge in [-0.1, -0.05) is 0 Å². The van der Waals surface area contributed by atoms with Gasteiger partial charge in [-0.3, -0.25) is 13.9 Å². The standard InChI is InChI=1S/C14H24N4O2/c1-16(2)14(6-5-7-14)10-15-9-11-8-12(19)18(4)13(20)17(11)3/h8,15H,5-7,9-10H2,1-4H3. The summed E-state index contributed by atoms with van der Waals surface area (Å²) in [5, 5.41) is 3.39. The average Bonchev–Trinajstić information content (AvgIpc) is 2.35. The molecular formula is C14H24N4O2. The van der Waals surface area contributed by atoms with Gasteiger partial charge < -0.3 is 10.2 Å². The van der Waals surface area contributed by atoms with E-state index in [0.29, 0.717) is 6.54 Å². The first-order chi connectivity index (χ1) is 9.37. The lowest BCUT2D eigenvalue weighted by Crippen LogP contribution is -2.56. The van der Waals surface area contributed by atoms with Crippen LogP contribution in [-0.4, -0.2) is 40.2 Å². The minimum absolute atomic E-state index is 0.235. The van der Waals surface area contributed by atoms with Gasteiger partial charge in [-0.25, -0.2) is 4.79 Å². The maximum atomic E-state index is 11.8. The Bertz CT molecular complexity index is 596. The van der Waals surface area contributed by atoms with Gasteiger partial charge in [0.25, 0.3) is 5.56 Å². The summed E-state index contributed by atoms with van der Waals surface area (Å²) in [4.78, 5) is 25.8. The molecule has 112 valence electrons. The van der Waals surface area contributed by atoms with Crippen LogP contribution in [-0.2, 0) is 20.6 Å². The van der Waals surface area contributed by atoms with Gasteiger partial charge in [0, 0.05) is 44.5 Å². The molecule has 0 aromatic carbocycles. The highest BCUT2D eigenvalue weighted by Gasteiger charge is 2.38. The summed E-state index contributed by atoms with van der Waals surface area (Å²) in [6, 6.07) is 1.53. The zero-order valence-electron chi connectivity index (χ0n) is 12.8. The Morgan fingerprint density at radius 1 is 1.25 bits per heavy atom. The number of hydrogen-bond acceptors (Lipinski definition) is 4. The molecule has 0 unspecified atom stereocenters. The van der Waals surface area contributed by atoms with Crippen molar-refractivity contribution in [2.24, 2.45) is 14.1 Å². The number of likely N-dealkylation sites (N-methyl/N-ethyl adjacent to an activating group) is 1. The van der Waals surface area contributed by atoms with Crippen molar-refractivity contribution in [3.05, 3.63) is 32.6 Å². The van der Waals surface area contributed by atoms with E-state index in [-0.39, 0.29) is 16.8 Å². The summed E-state index contributed by atoms with van der Waals surface area (Å²) in [5.41, 5.74) is 0.431. The Kier molecular flexibility index (Phi) is 4.15. The molecule has 0 radical (unpaired) electrons. The third-order valence-corrected chi connectivity index (χ3v) is 4.62. The molecule has 0 saturated heterocycles. The first kappa shape index (κ1) is 15.0. The Morgan fingerprint density at radius 3 is 2.40 bits per heavy atom.